The normalized spacial score (nSPS) is 24.2. The van der Waals surface area contributed by atoms with Crippen molar-refractivity contribution in [3.8, 4) is 0 Å². The molecule has 1 aliphatic carbocycles. The van der Waals surface area contributed by atoms with E-state index in [0.29, 0.717) is 0 Å². The van der Waals surface area contributed by atoms with Crippen molar-refractivity contribution < 1.29 is 0 Å². The van der Waals surface area contributed by atoms with Gasteiger partial charge in [-0.3, -0.25) is 0 Å². The summed E-state index contributed by atoms with van der Waals surface area (Å²) in [6.45, 7) is 10.1. The highest BCUT2D eigenvalue weighted by Gasteiger charge is 2.16. The van der Waals surface area contributed by atoms with Gasteiger partial charge in [0.2, 0.25) is 0 Å². The number of rotatable bonds is 3. The van der Waals surface area contributed by atoms with Gasteiger partial charge in [0.25, 0.3) is 0 Å². The van der Waals surface area contributed by atoms with Crippen molar-refractivity contribution in [3.05, 3.63) is 34.4 Å². The zero-order chi connectivity index (χ0) is 13.8. The molecule has 1 aliphatic rings. The average molecular weight is 259 g/mol. The number of aryl methyl sites for hydroxylation is 3. The maximum absolute atomic E-state index is 3.80. The molecule has 0 amide bonds. The third kappa shape index (κ3) is 4.07. The second-order valence-electron chi connectivity index (χ2n) is 6.57. The van der Waals surface area contributed by atoms with E-state index in [1.54, 1.807) is 0 Å². The predicted molar refractivity (Wildman–Crippen MR) is 83.5 cm³/mol. The van der Waals surface area contributed by atoms with Crippen LogP contribution in [0.4, 0.5) is 0 Å². The minimum atomic E-state index is 0.727. The van der Waals surface area contributed by atoms with Gasteiger partial charge in [-0.25, -0.2) is 0 Å². The fourth-order valence-corrected chi connectivity index (χ4v) is 3.43. The van der Waals surface area contributed by atoms with Crippen molar-refractivity contribution in [2.45, 2.75) is 72.4 Å². The van der Waals surface area contributed by atoms with Crippen LogP contribution >= 0.6 is 0 Å². The summed E-state index contributed by atoms with van der Waals surface area (Å²) in [6.07, 6.45) is 6.91. The minimum absolute atomic E-state index is 0.727. The van der Waals surface area contributed by atoms with Gasteiger partial charge in [0.1, 0.15) is 0 Å². The zero-order valence-electron chi connectivity index (χ0n) is 13.1. The Kier molecular flexibility index (Phi) is 5.04. The number of hydrogen-bond acceptors (Lipinski definition) is 1. The van der Waals surface area contributed by atoms with Crippen LogP contribution in [0.25, 0.3) is 0 Å². The molecule has 0 aliphatic heterocycles. The average Bonchev–Trinajstić information content (AvgIpc) is 2.53. The Morgan fingerprint density at radius 2 is 1.68 bits per heavy atom. The van der Waals surface area contributed by atoms with Crippen LogP contribution in [0, 0.1) is 26.7 Å². The van der Waals surface area contributed by atoms with Gasteiger partial charge in [-0.1, -0.05) is 37.5 Å². The molecule has 2 rings (SSSR count). The Morgan fingerprint density at radius 1 is 1.00 bits per heavy atom. The van der Waals surface area contributed by atoms with Crippen LogP contribution in [0.15, 0.2) is 12.1 Å². The molecule has 0 saturated heterocycles. The van der Waals surface area contributed by atoms with Gasteiger partial charge in [0, 0.05) is 12.6 Å². The molecule has 1 fully saturated rings. The van der Waals surface area contributed by atoms with E-state index < -0.39 is 0 Å². The SMILES string of the molecule is Cc1cc(C)c(CNC2CCCC(C)CC2)c(C)c1. The fourth-order valence-electron chi connectivity index (χ4n) is 3.43. The molecule has 1 N–H and O–H groups in total. The van der Waals surface area contributed by atoms with Crippen LogP contribution in [0.2, 0.25) is 0 Å². The first kappa shape index (κ1) is 14.6. The summed E-state index contributed by atoms with van der Waals surface area (Å²) in [5, 5.41) is 3.80. The number of hydrogen-bond donors (Lipinski definition) is 1. The summed E-state index contributed by atoms with van der Waals surface area (Å²) in [5.74, 6) is 0.926. The molecular formula is C18H29N. The van der Waals surface area contributed by atoms with Crippen molar-refractivity contribution in [2.75, 3.05) is 0 Å². The lowest BCUT2D eigenvalue weighted by Crippen LogP contribution is -2.28. The third-order valence-electron chi connectivity index (χ3n) is 4.67. The van der Waals surface area contributed by atoms with Crippen molar-refractivity contribution in [3.63, 3.8) is 0 Å². The van der Waals surface area contributed by atoms with Gasteiger partial charge in [-0.15, -0.1) is 0 Å². The van der Waals surface area contributed by atoms with Gasteiger partial charge >= 0.3 is 0 Å². The minimum Gasteiger partial charge on any atom is -0.310 e. The van der Waals surface area contributed by atoms with Crippen LogP contribution in [0.3, 0.4) is 0 Å². The van der Waals surface area contributed by atoms with Crippen molar-refractivity contribution >= 4 is 0 Å². The molecule has 19 heavy (non-hydrogen) atoms. The van der Waals surface area contributed by atoms with E-state index in [0.717, 1.165) is 18.5 Å². The molecule has 106 valence electrons. The zero-order valence-corrected chi connectivity index (χ0v) is 13.1. The Hall–Kier alpha value is -0.820. The Morgan fingerprint density at radius 3 is 2.37 bits per heavy atom. The molecule has 0 radical (unpaired) electrons. The maximum Gasteiger partial charge on any atom is 0.0213 e. The van der Waals surface area contributed by atoms with Gasteiger partial charge < -0.3 is 5.32 Å². The van der Waals surface area contributed by atoms with Gasteiger partial charge in [0.15, 0.2) is 0 Å². The van der Waals surface area contributed by atoms with Gasteiger partial charge in [-0.2, -0.15) is 0 Å². The smallest absolute Gasteiger partial charge is 0.0213 e. The van der Waals surface area contributed by atoms with E-state index >= 15 is 0 Å². The molecule has 1 nitrogen and oxygen atoms in total. The van der Waals surface area contributed by atoms with E-state index in [2.05, 4.69) is 45.1 Å². The van der Waals surface area contributed by atoms with Gasteiger partial charge in [0.05, 0.1) is 0 Å². The Bertz CT molecular complexity index is 399. The van der Waals surface area contributed by atoms with Crippen LogP contribution in [-0.2, 0) is 6.54 Å². The highest BCUT2D eigenvalue weighted by atomic mass is 14.9. The number of benzene rings is 1. The fraction of sp³-hybridized carbons (Fsp3) is 0.667. The summed E-state index contributed by atoms with van der Waals surface area (Å²) >= 11 is 0. The summed E-state index contributed by atoms with van der Waals surface area (Å²) in [7, 11) is 0. The molecule has 1 aromatic carbocycles. The second-order valence-corrected chi connectivity index (χ2v) is 6.57. The molecule has 0 bridgehead atoms. The highest BCUT2D eigenvalue weighted by molar-refractivity contribution is 5.37. The standard InChI is InChI=1S/C18H29N/c1-13-6-5-7-17(9-8-13)19-12-18-15(3)10-14(2)11-16(18)4/h10-11,13,17,19H,5-9,12H2,1-4H3. The lowest BCUT2D eigenvalue weighted by Gasteiger charge is -2.19. The quantitative estimate of drug-likeness (QED) is 0.778. The van der Waals surface area contributed by atoms with Crippen LogP contribution in [-0.4, -0.2) is 6.04 Å². The second kappa shape index (κ2) is 6.56. The topological polar surface area (TPSA) is 12.0 Å². The molecule has 2 atom stereocenters. The summed E-state index contributed by atoms with van der Waals surface area (Å²) in [5.41, 5.74) is 5.75. The number of nitrogens with one attached hydrogen (secondary N) is 1. The monoisotopic (exact) mass is 259 g/mol. The maximum atomic E-state index is 3.80. The van der Waals surface area contributed by atoms with E-state index in [9.17, 15) is 0 Å². The highest BCUT2D eigenvalue weighted by Crippen LogP contribution is 2.23. The summed E-state index contributed by atoms with van der Waals surface area (Å²) < 4.78 is 0. The molecule has 0 aromatic heterocycles. The molecule has 1 saturated carbocycles. The van der Waals surface area contributed by atoms with Gasteiger partial charge in [-0.05, 0) is 62.6 Å². The van der Waals surface area contributed by atoms with Crippen LogP contribution in [0.5, 0.6) is 0 Å². The van der Waals surface area contributed by atoms with E-state index in [-0.39, 0.29) is 0 Å². The predicted octanol–water partition coefficient (Wildman–Crippen LogP) is 4.67. The van der Waals surface area contributed by atoms with E-state index in [4.69, 9.17) is 0 Å². The molecule has 1 aromatic rings. The van der Waals surface area contributed by atoms with Crippen molar-refractivity contribution in [2.24, 2.45) is 5.92 Å². The molecule has 0 heterocycles. The summed E-state index contributed by atoms with van der Waals surface area (Å²) in [4.78, 5) is 0. The summed E-state index contributed by atoms with van der Waals surface area (Å²) in [6, 6.07) is 5.34. The van der Waals surface area contributed by atoms with E-state index in [1.165, 1.54) is 54.4 Å². The Labute approximate surface area is 118 Å². The molecule has 1 heteroatoms. The van der Waals surface area contributed by atoms with Crippen LogP contribution in [0.1, 0.15) is 61.3 Å². The lowest BCUT2D eigenvalue weighted by molar-refractivity contribution is 0.446. The largest absolute Gasteiger partial charge is 0.310 e. The molecular weight excluding hydrogens is 230 g/mol. The molecule has 2 unspecified atom stereocenters. The van der Waals surface area contributed by atoms with Crippen molar-refractivity contribution in [1.29, 1.82) is 0 Å². The van der Waals surface area contributed by atoms with Crippen molar-refractivity contribution in [1.82, 2.24) is 5.32 Å². The first-order valence-electron chi connectivity index (χ1n) is 7.86. The lowest BCUT2D eigenvalue weighted by atomic mass is 9.99. The Balaban J connectivity index is 1.95. The first-order valence-corrected chi connectivity index (χ1v) is 7.86. The third-order valence-corrected chi connectivity index (χ3v) is 4.67. The molecule has 0 spiro atoms. The van der Waals surface area contributed by atoms with E-state index in [1.807, 2.05) is 0 Å². The first-order chi connectivity index (χ1) is 9.06. The van der Waals surface area contributed by atoms with Crippen LogP contribution < -0.4 is 5.32 Å².